The van der Waals surface area contributed by atoms with Crippen LogP contribution >= 0.6 is 23.8 Å². The minimum atomic E-state index is -0.677. The summed E-state index contributed by atoms with van der Waals surface area (Å²) in [6.45, 7) is 1.94. The highest BCUT2D eigenvalue weighted by atomic mass is 35.5. The molecule has 3 nitrogen and oxygen atoms in total. The van der Waals surface area contributed by atoms with Crippen LogP contribution in [0.15, 0.2) is 18.2 Å². The number of carbonyl (C=O) groups excluding carboxylic acids is 1. The number of anilines is 1. The predicted octanol–water partition coefficient (Wildman–Crippen LogP) is 3.04. The van der Waals surface area contributed by atoms with Crippen molar-refractivity contribution in [3.63, 3.8) is 0 Å². The first-order valence-electron chi connectivity index (χ1n) is 5.83. The maximum absolute atomic E-state index is 12.3. The van der Waals surface area contributed by atoms with Gasteiger partial charge in [-0.2, -0.15) is 0 Å². The molecule has 1 fully saturated rings. The third-order valence-electron chi connectivity index (χ3n) is 3.49. The zero-order chi connectivity index (χ0) is 13.3. The molecule has 0 radical (unpaired) electrons. The van der Waals surface area contributed by atoms with E-state index in [2.05, 4.69) is 5.32 Å². The molecule has 2 rings (SSSR count). The van der Waals surface area contributed by atoms with Crippen molar-refractivity contribution in [3.05, 3.63) is 28.8 Å². The Hall–Kier alpha value is -1.13. The van der Waals surface area contributed by atoms with Crippen molar-refractivity contribution in [1.29, 1.82) is 0 Å². The summed E-state index contributed by atoms with van der Waals surface area (Å²) in [5.74, 6) is -0.146. The van der Waals surface area contributed by atoms with Crippen LogP contribution in [0.4, 0.5) is 5.69 Å². The molecule has 1 saturated carbocycles. The first-order valence-corrected chi connectivity index (χ1v) is 6.62. The van der Waals surface area contributed by atoms with Crippen molar-refractivity contribution >= 4 is 40.4 Å². The summed E-state index contributed by atoms with van der Waals surface area (Å²) in [5.41, 5.74) is 6.66. The number of carbonyl (C=O) groups is 1. The van der Waals surface area contributed by atoms with E-state index >= 15 is 0 Å². The lowest BCUT2D eigenvalue weighted by Crippen LogP contribution is -2.50. The Morgan fingerprint density at radius 1 is 1.50 bits per heavy atom. The van der Waals surface area contributed by atoms with Gasteiger partial charge in [0.25, 0.3) is 0 Å². The third-order valence-corrected chi connectivity index (χ3v) is 4.19. The second-order valence-electron chi connectivity index (χ2n) is 4.74. The van der Waals surface area contributed by atoms with Gasteiger partial charge in [0.2, 0.25) is 5.91 Å². The number of hydrogen-bond acceptors (Lipinski definition) is 2. The van der Waals surface area contributed by atoms with Crippen LogP contribution < -0.4 is 11.1 Å². The molecule has 0 spiro atoms. The zero-order valence-corrected chi connectivity index (χ0v) is 11.7. The molecular formula is C13H15ClN2OS. The first kappa shape index (κ1) is 13.3. The molecule has 1 aliphatic carbocycles. The van der Waals surface area contributed by atoms with E-state index in [9.17, 15) is 4.79 Å². The molecule has 1 aromatic carbocycles. The van der Waals surface area contributed by atoms with E-state index in [0.717, 1.165) is 24.8 Å². The van der Waals surface area contributed by atoms with Gasteiger partial charge < -0.3 is 11.1 Å². The Balaban J connectivity index is 2.19. The lowest BCUT2D eigenvalue weighted by atomic mass is 9.68. The molecule has 0 saturated heterocycles. The fraction of sp³-hybridized carbons (Fsp3) is 0.385. The van der Waals surface area contributed by atoms with Crippen LogP contribution in [0, 0.1) is 12.3 Å². The second-order valence-corrected chi connectivity index (χ2v) is 5.58. The maximum atomic E-state index is 12.3. The Labute approximate surface area is 117 Å². The molecule has 1 aromatic rings. The molecule has 3 N–H and O–H groups in total. The van der Waals surface area contributed by atoms with Gasteiger partial charge in [0.05, 0.1) is 21.1 Å². The monoisotopic (exact) mass is 282 g/mol. The predicted molar refractivity (Wildman–Crippen MR) is 77.9 cm³/mol. The number of nitrogens with one attached hydrogen (secondary N) is 1. The first-order chi connectivity index (χ1) is 8.45. The number of hydrogen-bond donors (Lipinski definition) is 2. The van der Waals surface area contributed by atoms with Gasteiger partial charge in [0.1, 0.15) is 0 Å². The van der Waals surface area contributed by atoms with Gasteiger partial charge in [-0.3, -0.25) is 4.79 Å². The summed E-state index contributed by atoms with van der Waals surface area (Å²) >= 11 is 11.1. The molecule has 1 amide bonds. The topological polar surface area (TPSA) is 55.1 Å². The van der Waals surface area contributed by atoms with Gasteiger partial charge >= 0.3 is 0 Å². The minimum Gasteiger partial charge on any atom is -0.392 e. The Bertz CT molecular complexity index is 512. The summed E-state index contributed by atoms with van der Waals surface area (Å²) in [7, 11) is 0. The van der Waals surface area contributed by atoms with Crippen molar-refractivity contribution < 1.29 is 4.79 Å². The van der Waals surface area contributed by atoms with Crippen LogP contribution in [0.2, 0.25) is 5.02 Å². The van der Waals surface area contributed by atoms with Crippen LogP contribution in [0.1, 0.15) is 24.8 Å². The molecule has 0 aromatic heterocycles. The van der Waals surface area contributed by atoms with Crippen molar-refractivity contribution in [2.45, 2.75) is 26.2 Å². The van der Waals surface area contributed by atoms with Gasteiger partial charge in [-0.15, -0.1) is 0 Å². The fourth-order valence-corrected chi connectivity index (χ4v) is 2.66. The van der Waals surface area contributed by atoms with Gasteiger partial charge in [0.15, 0.2) is 0 Å². The standard InChI is InChI=1S/C13H15ClN2OS/c1-8-3-4-10(9(14)7-8)16-12(17)13(11(15)18)5-2-6-13/h3-4,7H,2,5-6H2,1H3,(H2,15,18)(H,16,17). The van der Waals surface area contributed by atoms with Crippen molar-refractivity contribution in [2.75, 3.05) is 5.32 Å². The summed E-state index contributed by atoms with van der Waals surface area (Å²) in [6.07, 6.45) is 2.42. The molecule has 96 valence electrons. The number of rotatable bonds is 3. The maximum Gasteiger partial charge on any atom is 0.237 e. The SMILES string of the molecule is Cc1ccc(NC(=O)C2(C(N)=S)CCC2)c(Cl)c1. The van der Waals surface area contributed by atoms with E-state index in [4.69, 9.17) is 29.6 Å². The van der Waals surface area contributed by atoms with E-state index in [-0.39, 0.29) is 10.9 Å². The Kier molecular flexibility index (Phi) is 3.59. The molecule has 0 atom stereocenters. The average Bonchev–Trinajstić information content (AvgIpc) is 2.19. The van der Waals surface area contributed by atoms with E-state index in [0.29, 0.717) is 10.7 Å². The third kappa shape index (κ3) is 2.22. The summed E-state index contributed by atoms with van der Waals surface area (Å²) < 4.78 is 0. The largest absolute Gasteiger partial charge is 0.392 e. The van der Waals surface area contributed by atoms with Crippen LogP contribution in [0.5, 0.6) is 0 Å². The van der Waals surface area contributed by atoms with Gasteiger partial charge in [0, 0.05) is 0 Å². The molecule has 0 bridgehead atoms. The van der Waals surface area contributed by atoms with Crippen molar-refractivity contribution in [1.82, 2.24) is 0 Å². The van der Waals surface area contributed by atoms with Gasteiger partial charge in [-0.25, -0.2) is 0 Å². The summed E-state index contributed by atoms with van der Waals surface area (Å²) in [6, 6.07) is 5.50. The lowest BCUT2D eigenvalue weighted by Gasteiger charge is -2.39. The highest BCUT2D eigenvalue weighted by Crippen LogP contribution is 2.42. The molecule has 0 heterocycles. The molecule has 1 aliphatic rings. The summed E-state index contributed by atoms with van der Waals surface area (Å²) in [4.78, 5) is 12.5. The van der Waals surface area contributed by atoms with Crippen molar-refractivity contribution in [3.8, 4) is 0 Å². The molecule has 18 heavy (non-hydrogen) atoms. The number of aryl methyl sites for hydroxylation is 1. The highest BCUT2D eigenvalue weighted by Gasteiger charge is 2.47. The summed E-state index contributed by atoms with van der Waals surface area (Å²) in [5, 5.41) is 3.35. The van der Waals surface area contributed by atoms with Gasteiger partial charge in [-0.05, 0) is 37.5 Å². The quantitative estimate of drug-likeness (QED) is 0.838. The van der Waals surface area contributed by atoms with Crippen LogP contribution in [-0.4, -0.2) is 10.9 Å². The lowest BCUT2D eigenvalue weighted by molar-refractivity contribution is -0.125. The van der Waals surface area contributed by atoms with Crippen molar-refractivity contribution in [2.24, 2.45) is 11.1 Å². The number of nitrogens with two attached hydrogens (primary N) is 1. The number of thiocarbonyl (C=S) groups is 1. The van der Waals surface area contributed by atoms with E-state index in [1.165, 1.54) is 0 Å². The normalized spacial score (nSPS) is 16.8. The average molecular weight is 283 g/mol. The van der Waals surface area contributed by atoms with Crippen LogP contribution in [0.25, 0.3) is 0 Å². The zero-order valence-electron chi connectivity index (χ0n) is 10.1. The molecule has 0 unspecified atom stereocenters. The van der Waals surface area contributed by atoms with E-state index in [1.807, 2.05) is 19.1 Å². The second kappa shape index (κ2) is 4.86. The Morgan fingerprint density at radius 2 is 2.17 bits per heavy atom. The van der Waals surface area contributed by atoms with E-state index < -0.39 is 5.41 Å². The number of halogens is 1. The molecular weight excluding hydrogens is 268 g/mol. The van der Waals surface area contributed by atoms with Crippen LogP contribution in [0.3, 0.4) is 0 Å². The van der Waals surface area contributed by atoms with Gasteiger partial charge in [-0.1, -0.05) is 36.3 Å². The molecule has 5 heteroatoms. The Morgan fingerprint density at radius 3 is 2.61 bits per heavy atom. The molecule has 0 aliphatic heterocycles. The number of benzene rings is 1. The van der Waals surface area contributed by atoms with Crippen LogP contribution in [-0.2, 0) is 4.79 Å². The minimum absolute atomic E-state index is 0.146. The highest BCUT2D eigenvalue weighted by molar-refractivity contribution is 7.80. The van der Waals surface area contributed by atoms with E-state index in [1.54, 1.807) is 6.07 Å². The fourth-order valence-electron chi connectivity index (χ4n) is 2.08. The smallest absolute Gasteiger partial charge is 0.237 e. The number of amides is 1.